The average molecular weight is 455 g/mol. The van der Waals surface area contributed by atoms with E-state index in [1.54, 1.807) is 22.3 Å². The molecule has 4 unspecified atom stereocenters. The zero-order chi connectivity index (χ0) is 22.6. The van der Waals surface area contributed by atoms with Crippen molar-refractivity contribution in [2.75, 3.05) is 0 Å². The van der Waals surface area contributed by atoms with Crippen LogP contribution in [0.25, 0.3) is 5.57 Å². The maximum atomic E-state index is 6.79. The van der Waals surface area contributed by atoms with E-state index in [4.69, 9.17) is 4.42 Å². The van der Waals surface area contributed by atoms with Gasteiger partial charge in [-0.3, -0.25) is 0 Å². The molecule has 0 bridgehead atoms. The van der Waals surface area contributed by atoms with Gasteiger partial charge in [0.25, 0.3) is 0 Å². The number of rotatable bonds is 2. The van der Waals surface area contributed by atoms with E-state index in [9.17, 15) is 0 Å². The molecular formula is C33H42O. The van der Waals surface area contributed by atoms with Crippen LogP contribution in [0.4, 0.5) is 0 Å². The van der Waals surface area contributed by atoms with E-state index in [0.29, 0.717) is 0 Å². The van der Waals surface area contributed by atoms with Gasteiger partial charge in [0.15, 0.2) is 0 Å². The van der Waals surface area contributed by atoms with Crippen LogP contribution in [0.15, 0.2) is 44.9 Å². The van der Waals surface area contributed by atoms with Gasteiger partial charge in [-0.1, -0.05) is 42.7 Å². The monoisotopic (exact) mass is 454 g/mol. The first-order valence-electron chi connectivity index (χ1n) is 14.8. The number of allylic oxidation sites excluding steroid dienone is 8. The van der Waals surface area contributed by atoms with Gasteiger partial charge in [-0.05, 0) is 130 Å². The molecule has 0 amide bonds. The lowest BCUT2D eigenvalue weighted by molar-refractivity contribution is 0.242. The summed E-state index contributed by atoms with van der Waals surface area (Å²) in [6, 6.07) is 0. The third-order valence-corrected chi connectivity index (χ3v) is 10.3. The van der Waals surface area contributed by atoms with Crippen molar-refractivity contribution in [1.29, 1.82) is 0 Å². The zero-order valence-corrected chi connectivity index (χ0v) is 21.3. The number of hydrogen-bond donors (Lipinski definition) is 0. The highest BCUT2D eigenvalue weighted by Gasteiger charge is 2.45. The standard InChI is InChI=1S/C33H42O/c1-21-11-9-18-27-30(21)31(22-12-3-2-4-13-22)24-15-5-6-16-25(24)32(27)28-19-10-17-26-23-14-7-8-20-29(23)34-33(26)28/h3,12,19,21-22,24,31H,2,4-11,13-18,20H2,1H3. The van der Waals surface area contributed by atoms with Crippen molar-refractivity contribution >= 4 is 5.57 Å². The summed E-state index contributed by atoms with van der Waals surface area (Å²) in [7, 11) is 0. The first-order chi connectivity index (χ1) is 16.8. The fraction of sp³-hybridized carbons (Fsp3) is 0.636. The number of hydrogen-bond acceptors (Lipinski definition) is 1. The number of fused-ring (bicyclic) bond motifs is 4. The molecule has 0 aliphatic heterocycles. The van der Waals surface area contributed by atoms with E-state index in [-0.39, 0.29) is 0 Å². The van der Waals surface area contributed by atoms with Crippen molar-refractivity contribution in [3.8, 4) is 0 Å². The number of furan rings is 1. The largest absolute Gasteiger partial charge is 0.460 e. The first-order valence-corrected chi connectivity index (χ1v) is 14.8. The van der Waals surface area contributed by atoms with Crippen LogP contribution in [0.5, 0.6) is 0 Å². The van der Waals surface area contributed by atoms with Crippen molar-refractivity contribution < 1.29 is 4.42 Å². The Labute approximate surface area is 206 Å². The van der Waals surface area contributed by atoms with E-state index in [1.165, 1.54) is 113 Å². The first kappa shape index (κ1) is 21.5. The lowest BCUT2D eigenvalue weighted by atomic mass is 9.56. The van der Waals surface area contributed by atoms with Gasteiger partial charge in [0.05, 0.1) is 0 Å². The minimum Gasteiger partial charge on any atom is -0.460 e. The molecule has 0 aromatic carbocycles. The summed E-state index contributed by atoms with van der Waals surface area (Å²) in [5.74, 6) is 5.69. The lowest BCUT2D eigenvalue weighted by Gasteiger charge is -2.48. The van der Waals surface area contributed by atoms with E-state index in [1.807, 2.05) is 11.1 Å². The average Bonchev–Trinajstić information content (AvgIpc) is 3.27. The summed E-state index contributed by atoms with van der Waals surface area (Å²) in [4.78, 5) is 0. The van der Waals surface area contributed by atoms with Gasteiger partial charge in [0, 0.05) is 17.6 Å². The van der Waals surface area contributed by atoms with Gasteiger partial charge >= 0.3 is 0 Å². The summed E-state index contributed by atoms with van der Waals surface area (Å²) >= 11 is 0. The predicted octanol–water partition coefficient (Wildman–Crippen LogP) is 9.08. The normalized spacial score (nSPS) is 33.1. The molecule has 34 heavy (non-hydrogen) atoms. The Balaban J connectivity index is 1.41. The minimum absolute atomic E-state index is 0.746. The molecule has 1 aromatic rings. The maximum Gasteiger partial charge on any atom is 0.138 e. The van der Waals surface area contributed by atoms with Crippen molar-refractivity contribution in [3.05, 3.63) is 63.2 Å². The Bertz CT molecular complexity index is 1100. The van der Waals surface area contributed by atoms with Crippen molar-refractivity contribution in [3.63, 3.8) is 0 Å². The Hall–Kier alpha value is -1.76. The molecular weight excluding hydrogens is 412 g/mol. The molecule has 1 heterocycles. The van der Waals surface area contributed by atoms with Gasteiger partial charge in [-0.15, -0.1) is 0 Å². The molecule has 1 heteroatoms. The fourth-order valence-electron chi connectivity index (χ4n) is 8.92. The molecule has 4 atom stereocenters. The number of aryl methyl sites for hydroxylation is 1. The predicted molar refractivity (Wildman–Crippen MR) is 141 cm³/mol. The maximum absolute atomic E-state index is 6.79. The van der Waals surface area contributed by atoms with E-state index in [0.717, 1.165) is 30.1 Å². The van der Waals surface area contributed by atoms with Crippen LogP contribution in [0, 0.1) is 23.7 Å². The molecule has 6 aliphatic rings. The van der Waals surface area contributed by atoms with Crippen LogP contribution in [0.2, 0.25) is 0 Å². The van der Waals surface area contributed by atoms with Gasteiger partial charge in [-0.25, -0.2) is 0 Å². The van der Waals surface area contributed by atoms with E-state index < -0.39 is 0 Å². The highest BCUT2D eigenvalue weighted by molar-refractivity contribution is 5.86. The third-order valence-electron chi connectivity index (χ3n) is 10.3. The molecule has 6 aliphatic carbocycles. The van der Waals surface area contributed by atoms with Gasteiger partial charge < -0.3 is 4.42 Å². The van der Waals surface area contributed by atoms with Crippen LogP contribution in [-0.4, -0.2) is 0 Å². The highest BCUT2D eigenvalue weighted by atomic mass is 16.3. The van der Waals surface area contributed by atoms with Crippen molar-refractivity contribution in [2.24, 2.45) is 23.7 Å². The van der Waals surface area contributed by atoms with E-state index in [2.05, 4.69) is 25.2 Å². The third kappa shape index (κ3) is 3.32. The van der Waals surface area contributed by atoms with Crippen LogP contribution in [0.3, 0.4) is 0 Å². The SMILES string of the molecule is CC1CCCC2=C1C(C1C=CCCC1)C1CCCCC1=C2C1=CCCc2c1oc1c2CCCC1. The topological polar surface area (TPSA) is 13.1 Å². The second-order valence-corrected chi connectivity index (χ2v) is 12.2. The summed E-state index contributed by atoms with van der Waals surface area (Å²) in [6.07, 6.45) is 28.9. The van der Waals surface area contributed by atoms with Crippen molar-refractivity contribution in [1.82, 2.24) is 0 Å². The zero-order valence-electron chi connectivity index (χ0n) is 21.3. The molecule has 7 rings (SSSR count). The second kappa shape index (κ2) is 8.72. The van der Waals surface area contributed by atoms with Crippen molar-refractivity contribution in [2.45, 2.75) is 110 Å². The molecule has 180 valence electrons. The Kier molecular flexibility index (Phi) is 5.52. The Morgan fingerprint density at radius 3 is 2.62 bits per heavy atom. The molecule has 1 aromatic heterocycles. The Morgan fingerprint density at radius 1 is 0.794 bits per heavy atom. The second-order valence-electron chi connectivity index (χ2n) is 12.2. The summed E-state index contributed by atoms with van der Waals surface area (Å²) in [5, 5.41) is 0. The molecule has 0 spiro atoms. The molecule has 1 fully saturated rings. The minimum atomic E-state index is 0.746. The smallest absolute Gasteiger partial charge is 0.138 e. The van der Waals surface area contributed by atoms with Crippen LogP contribution in [0.1, 0.15) is 113 Å². The molecule has 0 radical (unpaired) electrons. The van der Waals surface area contributed by atoms with Crippen LogP contribution >= 0.6 is 0 Å². The highest BCUT2D eigenvalue weighted by Crippen LogP contribution is 2.58. The molecule has 0 N–H and O–H groups in total. The fourth-order valence-corrected chi connectivity index (χ4v) is 8.92. The van der Waals surface area contributed by atoms with E-state index >= 15 is 0 Å². The van der Waals surface area contributed by atoms with Crippen LogP contribution < -0.4 is 0 Å². The molecule has 1 saturated carbocycles. The Morgan fingerprint density at radius 2 is 1.71 bits per heavy atom. The van der Waals surface area contributed by atoms with Crippen LogP contribution in [-0.2, 0) is 19.3 Å². The van der Waals surface area contributed by atoms with Gasteiger partial charge in [0.1, 0.15) is 11.5 Å². The molecule has 1 nitrogen and oxygen atoms in total. The molecule has 0 saturated heterocycles. The van der Waals surface area contributed by atoms with Gasteiger partial charge in [0.2, 0.25) is 0 Å². The summed E-state index contributed by atoms with van der Waals surface area (Å²) in [6.45, 7) is 2.56. The summed E-state index contributed by atoms with van der Waals surface area (Å²) < 4.78 is 6.79. The summed E-state index contributed by atoms with van der Waals surface area (Å²) in [5.41, 5.74) is 11.9. The quantitative estimate of drug-likeness (QED) is 0.406. The lowest BCUT2D eigenvalue weighted by Crippen LogP contribution is -2.37. The van der Waals surface area contributed by atoms with Gasteiger partial charge in [-0.2, -0.15) is 0 Å².